The van der Waals surface area contributed by atoms with Crippen molar-refractivity contribution in [2.24, 2.45) is 0 Å². The highest BCUT2D eigenvalue weighted by Gasteiger charge is 2.15. The molecule has 13 heavy (non-hydrogen) atoms. The fourth-order valence-electron chi connectivity index (χ4n) is 0.952. The molecule has 0 aliphatic carbocycles. The predicted octanol–water partition coefficient (Wildman–Crippen LogP) is 1.47. The Morgan fingerprint density at radius 3 is 2.23 bits per heavy atom. The lowest BCUT2D eigenvalue weighted by atomic mass is 10.2. The predicted molar refractivity (Wildman–Crippen MR) is 49.7 cm³/mol. The second kappa shape index (κ2) is 3.47. The third kappa shape index (κ3) is 2.29. The molecular weight excluding hydrogens is 212 g/mol. The molecule has 0 amide bonds. The van der Waals surface area contributed by atoms with Gasteiger partial charge in [-0.15, -0.1) is 0 Å². The molecule has 0 fully saturated rings. The van der Waals surface area contributed by atoms with Crippen molar-refractivity contribution in [3.63, 3.8) is 0 Å². The average Bonchev–Trinajstić information content (AvgIpc) is 2.03. The molecule has 0 atom stereocenters. The molecule has 1 aromatic carbocycles. The first-order valence-electron chi connectivity index (χ1n) is 3.42. The van der Waals surface area contributed by atoms with Gasteiger partial charge in [0, 0.05) is 6.26 Å². The minimum atomic E-state index is -3.38. The zero-order valence-corrected chi connectivity index (χ0v) is 8.39. The molecule has 1 aromatic rings. The van der Waals surface area contributed by atoms with Crippen LogP contribution in [0.15, 0.2) is 29.2 Å². The molecule has 0 radical (unpaired) electrons. The zero-order chi connectivity index (χ0) is 10.1. The van der Waals surface area contributed by atoms with E-state index in [1.807, 2.05) is 0 Å². The van der Waals surface area contributed by atoms with Crippen molar-refractivity contribution in [2.75, 3.05) is 6.26 Å². The van der Waals surface area contributed by atoms with Crippen LogP contribution >= 0.6 is 11.6 Å². The topological polar surface area (TPSA) is 51.2 Å². The first-order chi connectivity index (χ1) is 5.93. The Morgan fingerprint density at radius 1 is 1.31 bits per heavy atom. The van der Waals surface area contributed by atoms with Crippen molar-refractivity contribution in [1.82, 2.24) is 0 Å². The fourth-order valence-corrected chi connectivity index (χ4v) is 2.06. The molecule has 3 nitrogen and oxygen atoms in total. The number of halogens is 1. The Labute approximate surface area is 81.3 Å². The molecule has 0 N–H and O–H groups in total. The number of rotatable bonds is 2. The quantitative estimate of drug-likeness (QED) is 0.707. The Bertz CT molecular complexity index is 436. The Hall–Kier alpha value is -0.870. The maximum atomic E-state index is 11.1. The highest BCUT2D eigenvalue weighted by Crippen LogP contribution is 2.16. The standard InChI is InChI=1S/C8H7ClO3S/c1-13(11,12)7-5-3-2-4-6(7)8(9)10/h2-5H,1H3. The van der Waals surface area contributed by atoms with Crippen molar-refractivity contribution in [2.45, 2.75) is 4.90 Å². The van der Waals surface area contributed by atoms with Crippen molar-refractivity contribution in [3.8, 4) is 0 Å². The first kappa shape index (κ1) is 10.2. The van der Waals surface area contributed by atoms with Crippen LogP contribution in [0.25, 0.3) is 0 Å². The van der Waals surface area contributed by atoms with Crippen LogP contribution in [0.2, 0.25) is 0 Å². The molecular formula is C8H7ClO3S. The van der Waals surface area contributed by atoms with E-state index in [4.69, 9.17) is 11.6 Å². The van der Waals surface area contributed by atoms with Gasteiger partial charge in [-0.2, -0.15) is 0 Å². The molecule has 0 saturated carbocycles. The van der Waals surface area contributed by atoms with Crippen LogP contribution in [-0.4, -0.2) is 19.9 Å². The largest absolute Gasteiger partial charge is 0.276 e. The van der Waals surface area contributed by atoms with Gasteiger partial charge in [-0.1, -0.05) is 12.1 Å². The van der Waals surface area contributed by atoms with Gasteiger partial charge in [0.15, 0.2) is 9.84 Å². The van der Waals surface area contributed by atoms with Crippen LogP contribution in [0.1, 0.15) is 10.4 Å². The summed E-state index contributed by atoms with van der Waals surface area (Å²) in [4.78, 5) is 10.8. The molecule has 0 unspecified atom stereocenters. The molecule has 0 spiro atoms. The maximum Gasteiger partial charge on any atom is 0.253 e. The van der Waals surface area contributed by atoms with E-state index in [1.165, 1.54) is 12.1 Å². The highest BCUT2D eigenvalue weighted by molar-refractivity contribution is 7.90. The summed E-state index contributed by atoms with van der Waals surface area (Å²) in [6.45, 7) is 0. The molecule has 0 aromatic heterocycles. The zero-order valence-electron chi connectivity index (χ0n) is 6.82. The summed E-state index contributed by atoms with van der Waals surface area (Å²) in [5.41, 5.74) is 0.0201. The highest BCUT2D eigenvalue weighted by atomic mass is 35.5. The third-order valence-electron chi connectivity index (χ3n) is 1.50. The van der Waals surface area contributed by atoms with Crippen LogP contribution in [0, 0.1) is 0 Å². The van der Waals surface area contributed by atoms with E-state index in [2.05, 4.69) is 0 Å². The Balaban J connectivity index is 3.46. The molecule has 0 bridgehead atoms. The summed E-state index contributed by atoms with van der Waals surface area (Å²) in [5.74, 6) is 0. The van der Waals surface area contributed by atoms with Gasteiger partial charge in [0.2, 0.25) is 0 Å². The number of hydrogen-bond donors (Lipinski definition) is 0. The van der Waals surface area contributed by atoms with E-state index in [0.717, 1.165) is 6.26 Å². The maximum absolute atomic E-state index is 11.1. The van der Waals surface area contributed by atoms with Crippen LogP contribution in [0.3, 0.4) is 0 Å². The van der Waals surface area contributed by atoms with Gasteiger partial charge in [-0.05, 0) is 23.7 Å². The monoisotopic (exact) mass is 218 g/mol. The van der Waals surface area contributed by atoms with Gasteiger partial charge < -0.3 is 0 Å². The van der Waals surface area contributed by atoms with Gasteiger partial charge in [-0.3, -0.25) is 4.79 Å². The van der Waals surface area contributed by atoms with Gasteiger partial charge in [0.25, 0.3) is 5.24 Å². The minimum absolute atomic E-state index is 0.0201. The summed E-state index contributed by atoms with van der Waals surface area (Å²) in [5, 5.41) is -0.763. The SMILES string of the molecule is CS(=O)(=O)c1ccccc1C(=O)Cl. The Morgan fingerprint density at radius 2 is 1.85 bits per heavy atom. The van der Waals surface area contributed by atoms with Gasteiger partial charge in [0.05, 0.1) is 10.5 Å². The van der Waals surface area contributed by atoms with Crippen molar-refractivity contribution >= 4 is 26.7 Å². The summed E-state index contributed by atoms with van der Waals surface area (Å²) in [6.07, 6.45) is 1.03. The lowest BCUT2D eigenvalue weighted by molar-refractivity contribution is 0.107. The second-order valence-corrected chi connectivity index (χ2v) is 4.87. The van der Waals surface area contributed by atoms with Crippen LogP contribution < -0.4 is 0 Å². The van der Waals surface area contributed by atoms with Gasteiger partial charge in [0.1, 0.15) is 0 Å². The second-order valence-electron chi connectivity index (χ2n) is 2.54. The third-order valence-corrected chi connectivity index (χ3v) is 2.86. The number of benzene rings is 1. The normalized spacial score (nSPS) is 11.2. The summed E-state index contributed by atoms with van der Waals surface area (Å²) in [7, 11) is -3.38. The van der Waals surface area contributed by atoms with Crippen molar-refractivity contribution in [1.29, 1.82) is 0 Å². The van der Waals surface area contributed by atoms with Gasteiger partial charge in [-0.25, -0.2) is 8.42 Å². The summed E-state index contributed by atoms with van der Waals surface area (Å²) in [6, 6.07) is 5.83. The van der Waals surface area contributed by atoms with Crippen LogP contribution in [0.5, 0.6) is 0 Å². The number of sulfone groups is 1. The van der Waals surface area contributed by atoms with Crippen molar-refractivity contribution < 1.29 is 13.2 Å². The molecule has 0 aliphatic heterocycles. The molecule has 0 heterocycles. The lowest BCUT2D eigenvalue weighted by Gasteiger charge is -2.01. The van der Waals surface area contributed by atoms with Crippen molar-refractivity contribution in [3.05, 3.63) is 29.8 Å². The summed E-state index contributed by atoms with van der Waals surface area (Å²) >= 11 is 5.21. The lowest BCUT2D eigenvalue weighted by Crippen LogP contribution is -2.03. The smallest absolute Gasteiger partial charge is 0.253 e. The number of carbonyl (C=O) groups excluding carboxylic acids is 1. The van der Waals surface area contributed by atoms with E-state index in [-0.39, 0.29) is 10.5 Å². The fraction of sp³-hybridized carbons (Fsp3) is 0.125. The van der Waals surface area contributed by atoms with Crippen LogP contribution in [-0.2, 0) is 9.84 Å². The summed E-state index contributed by atoms with van der Waals surface area (Å²) < 4.78 is 22.3. The number of carbonyl (C=O) groups is 1. The van der Waals surface area contributed by atoms with E-state index in [0.29, 0.717) is 0 Å². The van der Waals surface area contributed by atoms with E-state index in [9.17, 15) is 13.2 Å². The minimum Gasteiger partial charge on any atom is -0.276 e. The van der Waals surface area contributed by atoms with E-state index >= 15 is 0 Å². The molecule has 5 heteroatoms. The van der Waals surface area contributed by atoms with E-state index in [1.54, 1.807) is 12.1 Å². The average molecular weight is 219 g/mol. The number of hydrogen-bond acceptors (Lipinski definition) is 3. The molecule has 0 aliphatic rings. The molecule has 1 rings (SSSR count). The molecule has 70 valence electrons. The van der Waals surface area contributed by atoms with E-state index < -0.39 is 15.1 Å². The molecule has 0 saturated heterocycles. The Kier molecular flexibility index (Phi) is 2.73. The first-order valence-corrected chi connectivity index (χ1v) is 5.69. The van der Waals surface area contributed by atoms with Crippen LogP contribution in [0.4, 0.5) is 0 Å². The van der Waals surface area contributed by atoms with Gasteiger partial charge >= 0.3 is 0 Å².